The van der Waals surface area contributed by atoms with Crippen LogP contribution in [0.3, 0.4) is 0 Å². The van der Waals surface area contributed by atoms with Crippen molar-refractivity contribution in [1.29, 1.82) is 0 Å². The van der Waals surface area contributed by atoms with Gasteiger partial charge in [0.15, 0.2) is 0 Å². The van der Waals surface area contributed by atoms with Crippen molar-refractivity contribution in [3.05, 3.63) is 28.8 Å². The van der Waals surface area contributed by atoms with E-state index < -0.39 is 23.8 Å². The van der Waals surface area contributed by atoms with Gasteiger partial charge in [-0.05, 0) is 37.5 Å². The summed E-state index contributed by atoms with van der Waals surface area (Å²) in [4.78, 5) is 12.2. The molecule has 0 unspecified atom stereocenters. The largest absolute Gasteiger partial charge is 0.433 e. The van der Waals surface area contributed by atoms with Crippen molar-refractivity contribution in [2.45, 2.75) is 44.1 Å². The van der Waals surface area contributed by atoms with Gasteiger partial charge in [0.2, 0.25) is 0 Å². The van der Waals surface area contributed by atoms with Gasteiger partial charge in [0.1, 0.15) is 6.10 Å². The molecule has 0 saturated heterocycles. The Morgan fingerprint density at radius 2 is 2.12 bits per heavy atom. The summed E-state index contributed by atoms with van der Waals surface area (Å²) in [6.07, 6.45) is -4.44. The van der Waals surface area contributed by atoms with Gasteiger partial charge in [-0.15, -0.1) is 0 Å². The first-order chi connectivity index (χ1) is 11.3. The fourth-order valence-electron chi connectivity index (χ4n) is 2.55. The molecule has 1 heterocycles. The molecule has 7 heteroatoms. The third-order valence-electron chi connectivity index (χ3n) is 4.03. The molecular formula is C17H15ClF3NO2. The first kappa shape index (κ1) is 17.1. The number of anilines is 1. The Balaban J connectivity index is 2.25. The summed E-state index contributed by atoms with van der Waals surface area (Å²) in [5, 5.41) is 2.60. The molecular weight excluding hydrogens is 343 g/mol. The highest BCUT2D eigenvalue weighted by atomic mass is 35.5. The summed E-state index contributed by atoms with van der Waals surface area (Å²) in [5.41, 5.74) is -3.14. The van der Waals surface area contributed by atoms with E-state index in [0.717, 1.165) is 18.9 Å². The number of carbonyl (C=O) groups is 1. The fraction of sp³-hybridized carbons (Fsp3) is 0.471. The predicted octanol–water partition coefficient (Wildman–Crippen LogP) is 4.26. The van der Waals surface area contributed by atoms with Crippen LogP contribution in [0.25, 0.3) is 0 Å². The molecule has 2 atom stereocenters. The van der Waals surface area contributed by atoms with E-state index in [2.05, 4.69) is 17.2 Å². The number of ether oxygens (including phenoxy) is 1. The monoisotopic (exact) mass is 357 g/mol. The lowest BCUT2D eigenvalue weighted by Gasteiger charge is -2.32. The van der Waals surface area contributed by atoms with Crippen LogP contribution in [0.1, 0.15) is 31.7 Å². The van der Waals surface area contributed by atoms with Crippen molar-refractivity contribution in [1.82, 2.24) is 0 Å². The summed E-state index contributed by atoms with van der Waals surface area (Å²) >= 11 is 5.91. The highest BCUT2D eigenvalue weighted by Gasteiger charge is 2.60. The van der Waals surface area contributed by atoms with Crippen LogP contribution in [-0.4, -0.2) is 18.2 Å². The summed E-state index contributed by atoms with van der Waals surface area (Å²) < 4.78 is 47.6. The van der Waals surface area contributed by atoms with Crippen molar-refractivity contribution in [3.63, 3.8) is 0 Å². The highest BCUT2D eigenvalue weighted by molar-refractivity contribution is 6.30. The van der Waals surface area contributed by atoms with Crippen LogP contribution in [0, 0.1) is 17.8 Å². The van der Waals surface area contributed by atoms with Crippen molar-refractivity contribution < 1.29 is 22.7 Å². The maximum atomic E-state index is 14.1. The van der Waals surface area contributed by atoms with Gasteiger partial charge in [-0.25, -0.2) is 0 Å². The number of carbonyl (C=O) groups excluding carboxylic acids is 1. The molecule has 1 aromatic carbocycles. The maximum Gasteiger partial charge on any atom is 0.433 e. The standard InChI is InChI=1S/C17H15ClF3NO2/c1-2-14-15(23)22-13-6-5-11(18)9-12(13)16(24-14,17(19,20)21)8-7-10-3-4-10/h5-6,9-10,14H,2-4H2,1H3,(H,22,23)/t14-,16-/m0/s1. The minimum atomic E-state index is -4.83. The fourth-order valence-corrected chi connectivity index (χ4v) is 2.72. The van der Waals surface area contributed by atoms with E-state index in [0.29, 0.717) is 0 Å². The molecule has 1 amide bonds. The van der Waals surface area contributed by atoms with Gasteiger partial charge in [0, 0.05) is 22.2 Å². The van der Waals surface area contributed by atoms with Gasteiger partial charge >= 0.3 is 6.18 Å². The number of benzene rings is 1. The van der Waals surface area contributed by atoms with Crippen LogP contribution in [0.15, 0.2) is 18.2 Å². The molecule has 3 rings (SSSR count). The van der Waals surface area contributed by atoms with Gasteiger partial charge < -0.3 is 10.1 Å². The second kappa shape index (κ2) is 5.98. The van der Waals surface area contributed by atoms with E-state index in [-0.39, 0.29) is 28.6 Å². The van der Waals surface area contributed by atoms with Crippen molar-refractivity contribution in [2.75, 3.05) is 5.32 Å². The number of amides is 1. The zero-order valence-corrected chi connectivity index (χ0v) is 13.6. The van der Waals surface area contributed by atoms with Crippen molar-refractivity contribution >= 4 is 23.2 Å². The highest BCUT2D eigenvalue weighted by Crippen LogP contribution is 2.48. The van der Waals surface area contributed by atoms with Gasteiger partial charge in [-0.3, -0.25) is 4.79 Å². The molecule has 1 saturated carbocycles. The summed E-state index contributed by atoms with van der Waals surface area (Å²) in [5.74, 6) is 4.26. The van der Waals surface area contributed by atoms with Crippen LogP contribution in [-0.2, 0) is 15.1 Å². The lowest BCUT2D eigenvalue weighted by molar-refractivity contribution is -0.268. The minimum Gasteiger partial charge on any atom is -0.337 e. The third kappa shape index (κ3) is 2.99. The minimum absolute atomic E-state index is 0.0165. The molecule has 128 valence electrons. The van der Waals surface area contributed by atoms with E-state index in [9.17, 15) is 18.0 Å². The Morgan fingerprint density at radius 3 is 2.71 bits per heavy atom. The van der Waals surface area contributed by atoms with Crippen LogP contribution in [0.5, 0.6) is 0 Å². The molecule has 2 aliphatic rings. The molecule has 0 spiro atoms. The van der Waals surface area contributed by atoms with E-state index >= 15 is 0 Å². The SMILES string of the molecule is CC[C@@H]1O[C@](C#CC2CC2)(C(F)(F)F)c2cc(Cl)ccc2NC1=O. The Morgan fingerprint density at radius 1 is 1.42 bits per heavy atom. The average molecular weight is 358 g/mol. The quantitative estimate of drug-likeness (QED) is 0.763. The van der Waals surface area contributed by atoms with Crippen LogP contribution in [0.4, 0.5) is 18.9 Å². The molecule has 0 radical (unpaired) electrons. The van der Waals surface area contributed by atoms with Crippen LogP contribution in [0.2, 0.25) is 5.02 Å². The molecule has 1 aliphatic carbocycles. The van der Waals surface area contributed by atoms with E-state index in [1.807, 2.05) is 0 Å². The maximum absolute atomic E-state index is 14.1. The zero-order chi connectivity index (χ0) is 17.5. The molecule has 0 aromatic heterocycles. The second-order valence-corrected chi connectivity index (χ2v) is 6.35. The van der Waals surface area contributed by atoms with Gasteiger partial charge in [-0.2, -0.15) is 13.2 Å². The zero-order valence-electron chi connectivity index (χ0n) is 12.8. The topological polar surface area (TPSA) is 38.3 Å². The molecule has 1 N–H and O–H groups in total. The first-order valence-corrected chi connectivity index (χ1v) is 8.03. The molecule has 1 fully saturated rings. The lowest BCUT2D eigenvalue weighted by Crippen LogP contribution is -2.46. The number of alkyl halides is 3. The van der Waals surface area contributed by atoms with Crippen LogP contribution < -0.4 is 5.32 Å². The Bertz CT molecular complexity index is 734. The second-order valence-electron chi connectivity index (χ2n) is 5.92. The van der Waals surface area contributed by atoms with Gasteiger partial charge in [0.25, 0.3) is 11.5 Å². The van der Waals surface area contributed by atoms with Crippen molar-refractivity contribution in [3.8, 4) is 11.8 Å². The number of halogens is 4. The predicted molar refractivity (Wildman–Crippen MR) is 83.5 cm³/mol. The number of nitrogens with one attached hydrogen (secondary N) is 1. The molecule has 24 heavy (non-hydrogen) atoms. The van der Waals surface area contributed by atoms with E-state index in [4.69, 9.17) is 16.3 Å². The van der Waals surface area contributed by atoms with E-state index in [1.165, 1.54) is 12.1 Å². The molecule has 1 aromatic rings. The average Bonchev–Trinajstić information content (AvgIpc) is 3.32. The summed E-state index contributed by atoms with van der Waals surface area (Å²) in [6, 6.07) is 3.92. The summed E-state index contributed by atoms with van der Waals surface area (Å²) in [7, 11) is 0. The number of hydrogen-bond donors (Lipinski definition) is 1. The molecule has 0 bridgehead atoms. The van der Waals surface area contributed by atoms with Crippen LogP contribution >= 0.6 is 11.6 Å². The van der Waals surface area contributed by atoms with Gasteiger partial charge in [0.05, 0.1) is 0 Å². The number of hydrogen-bond acceptors (Lipinski definition) is 2. The Kier molecular flexibility index (Phi) is 4.27. The Labute approximate surface area is 142 Å². The van der Waals surface area contributed by atoms with Crippen molar-refractivity contribution in [2.24, 2.45) is 5.92 Å². The summed E-state index contributed by atoms with van der Waals surface area (Å²) in [6.45, 7) is 1.59. The lowest BCUT2D eigenvalue weighted by atomic mass is 9.91. The van der Waals surface area contributed by atoms with E-state index in [1.54, 1.807) is 6.92 Å². The third-order valence-corrected chi connectivity index (χ3v) is 4.27. The number of fused-ring (bicyclic) bond motifs is 1. The Hall–Kier alpha value is -1.71. The van der Waals surface area contributed by atoms with Gasteiger partial charge in [-0.1, -0.05) is 30.4 Å². The normalized spacial score (nSPS) is 26.7. The first-order valence-electron chi connectivity index (χ1n) is 7.65. The molecule has 3 nitrogen and oxygen atoms in total. The smallest absolute Gasteiger partial charge is 0.337 e. The molecule has 1 aliphatic heterocycles. The number of rotatable bonds is 1.